The van der Waals surface area contributed by atoms with Gasteiger partial charge in [0.2, 0.25) is 0 Å². The van der Waals surface area contributed by atoms with Gasteiger partial charge in [0.05, 0.1) is 11.0 Å². The predicted molar refractivity (Wildman–Crippen MR) is 119 cm³/mol. The molecule has 2 aromatic carbocycles. The molecule has 0 saturated carbocycles. The van der Waals surface area contributed by atoms with Crippen LogP contribution in [0, 0.1) is 10.1 Å². The van der Waals surface area contributed by atoms with Crippen LogP contribution in [0.5, 0.6) is 0 Å². The van der Waals surface area contributed by atoms with Gasteiger partial charge in [-0.05, 0) is 35.7 Å². The third kappa shape index (κ3) is 4.41. The zero-order chi connectivity index (χ0) is 22.5. The highest BCUT2D eigenvalue weighted by molar-refractivity contribution is 6.39. The predicted octanol–water partition coefficient (Wildman–Crippen LogP) is 2.85. The minimum atomic E-state index is -0.967. The van der Waals surface area contributed by atoms with Crippen LogP contribution in [0.3, 0.4) is 0 Å². The van der Waals surface area contributed by atoms with Crippen molar-refractivity contribution in [1.82, 2.24) is 10.3 Å². The van der Waals surface area contributed by atoms with Crippen LogP contribution >= 0.6 is 0 Å². The average molecular weight is 431 g/mol. The summed E-state index contributed by atoms with van der Waals surface area (Å²) in [5, 5.41) is 16.1. The highest BCUT2D eigenvalue weighted by Crippen LogP contribution is 2.34. The molecule has 0 aliphatic carbocycles. The number of nitro groups is 1. The van der Waals surface area contributed by atoms with Crippen LogP contribution in [0.15, 0.2) is 73.1 Å². The molecule has 0 fully saturated rings. The van der Waals surface area contributed by atoms with Crippen molar-refractivity contribution < 1.29 is 14.5 Å². The molecule has 0 saturated heterocycles. The zero-order valence-electron chi connectivity index (χ0n) is 17.1. The van der Waals surface area contributed by atoms with Gasteiger partial charge in [-0.15, -0.1) is 0 Å². The molecule has 2 N–H and O–H groups in total. The number of rotatable bonds is 6. The largest absolute Gasteiger partial charge is 0.362 e. The number of aromatic nitrogens is 1. The maximum Gasteiger partial charge on any atom is 0.313 e. The SMILES string of the molecule is O=C(NC[C@@H](c1cccnc1)N1CCc2ccccc21)C(=O)Nc1ccccc1[N+](=O)[O-]. The van der Waals surface area contributed by atoms with E-state index >= 15 is 0 Å². The fourth-order valence-electron chi connectivity index (χ4n) is 3.86. The van der Waals surface area contributed by atoms with E-state index in [4.69, 9.17) is 0 Å². The van der Waals surface area contributed by atoms with Gasteiger partial charge < -0.3 is 15.5 Å². The summed E-state index contributed by atoms with van der Waals surface area (Å²) in [5.41, 5.74) is 2.90. The van der Waals surface area contributed by atoms with Crippen LogP contribution in [0.2, 0.25) is 0 Å². The first-order valence-electron chi connectivity index (χ1n) is 10.1. The van der Waals surface area contributed by atoms with Gasteiger partial charge in [-0.1, -0.05) is 36.4 Å². The molecule has 1 aliphatic rings. The van der Waals surface area contributed by atoms with Gasteiger partial charge in [-0.3, -0.25) is 24.7 Å². The number of nitrogens with zero attached hydrogens (tertiary/aromatic N) is 3. The van der Waals surface area contributed by atoms with Gasteiger partial charge >= 0.3 is 11.8 Å². The molecule has 9 nitrogen and oxygen atoms in total. The maximum atomic E-state index is 12.5. The number of para-hydroxylation sites is 3. The summed E-state index contributed by atoms with van der Waals surface area (Å²) in [5.74, 6) is -1.84. The summed E-state index contributed by atoms with van der Waals surface area (Å²) in [6, 6.07) is 17.3. The lowest BCUT2D eigenvalue weighted by molar-refractivity contribution is -0.383. The molecule has 3 aromatic rings. The Morgan fingerprint density at radius 3 is 2.62 bits per heavy atom. The van der Waals surface area contributed by atoms with Gasteiger partial charge in [-0.25, -0.2) is 0 Å². The van der Waals surface area contributed by atoms with Crippen molar-refractivity contribution in [2.24, 2.45) is 0 Å². The number of benzene rings is 2. The lowest BCUT2D eigenvalue weighted by Gasteiger charge is -2.30. The van der Waals surface area contributed by atoms with Crippen molar-refractivity contribution in [2.45, 2.75) is 12.5 Å². The summed E-state index contributed by atoms with van der Waals surface area (Å²) >= 11 is 0. The number of nitro benzene ring substituents is 1. The number of hydrogen-bond acceptors (Lipinski definition) is 6. The Hall–Kier alpha value is -4.27. The van der Waals surface area contributed by atoms with Crippen LogP contribution in [-0.2, 0) is 16.0 Å². The van der Waals surface area contributed by atoms with Crippen LogP contribution in [0.4, 0.5) is 17.1 Å². The van der Waals surface area contributed by atoms with E-state index in [1.165, 1.54) is 23.8 Å². The summed E-state index contributed by atoms with van der Waals surface area (Å²) in [7, 11) is 0. The normalized spacial score (nSPS) is 13.2. The highest BCUT2D eigenvalue weighted by Gasteiger charge is 2.28. The Morgan fingerprint density at radius 1 is 1.06 bits per heavy atom. The Labute approximate surface area is 184 Å². The molecule has 32 heavy (non-hydrogen) atoms. The third-order valence-electron chi connectivity index (χ3n) is 5.38. The van der Waals surface area contributed by atoms with E-state index in [-0.39, 0.29) is 24.0 Å². The molecule has 162 valence electrons. The second-order valence-electron chi connectivity index (χ2n) is 7.31. The van der Waals surface area contributed by atoms with Gasteiger partial charge in [0.15, 0.2) is 0 Å². The second kappa shape index (κ2) is 9.25. The first-order chi connectivity index (χ1) is 15.5. The molecular weight excluding hydrogens is 410 g/mol. The zero-order valence-corrected chi connectivity index (χ0v) is 17.1. The van der Waals surface area contributed by atoms with Gasteiger partial charge in [-0.2, -0.15) is 0 Å². The molecule has 9 heteroatoms. The first-order valence-corrected chi connectivity index (χ1v) is 10.1. The number of amides is 2. The summed E-state index contributed by atoms with van der Waals surface area (Å²) in [6.45, 7) is 0.945. The second-order valence-corrected chi connectivity index (χ2v) is 7.31. The van der Waals surface area contributed by atoms with Crippen LogP contribution < -0.4 is 15.5 Å². The van der Waals surface area contributed by atoms with Crippen molar-refractivity contribution >= 4 is 28.9 Å². The summed E-state index contributed by atoms with van der Waals surface area (Å²) < 4.78 is 0. The van der Waals surface area contributed by atoms with E-state index in [2.05, 4.69) is 26.6 Å². The Bertz CT molecular complexity index is 1150. The lowest BCUT2D eigenvalue weighted by atomic mass is 10.1. The number of anilines is 2. The third-order valence-corrected chi connectivity index (χ3v) is 5.38. The maximum absolute atomic E-state index is 12.5. The molecule has 0 radical (unpaired) electrons. The molecular formula is C23H21N5O4. The number of fused-ring (bicyclic) bond motifs is 1. The fourth-order valence-corrected chi connectivity index (χ4v) is 3.86. The Morgan fingerprint density at radius 2 is 1.84 bits per heavy atom. The minimum absolute atomic E-state index is 0.0325. The molecule has 0 spiro atoms. The van der Waals surface area contributed by atoms with Crippen LogP contribution in [0.1, 0.15) is 17.2 Å². The fraction of sp³-hybridized carbons (Fsp3) is 0.174. The van der Waals surface area contributed by atoms with E-state index in [0.29, 0.717) is 0 Å². The van der Waals surface area contributed by atoms with Crippen molar-refractivity contribution in [1.29, 1.82) is 0 Å². The standard InChI is InChI=1S/C23H21N5O4/c29-22(23(30)26-18-8-2-4-10-20(18)28(31)32)25-15-21(17-7-5-12-24-14-17)27-13-11-16-6-1-3-9-19(16)27/h1-10,12,14,21H,11,13,15H2,(H,25,29)(H,26,30)/t21-/m0/s1. The molecule has 1 aliphatic heterocycles. The topological polar surface area (TPSA) is 117 Å². The average Bonchev–Trinajstić information content (AvgIpc) is 3.24. The monoisotopic (exact) mass is 431 g/mol. The number of carbonyl (C=O) groups is 2. The van der Waals surface area contributed by atoms with Crippen molar-refractivity contribution in [3.05, 3.63) is 94.3 Å². The number of hydrogen-bond donors (Lipinski definition) is 2. The number of pyridine rings is 1. The molecule has 1 atom stereocenters. The van der Waals surface area contributed by atoms with E-state index in [9.17, 15) is 19.7 Å². The first kappa shape index (κ1) is 21.0. The lowest BCUT2D eigenvalue weighted by Crippen LogP contribution is -2.41. The summed E-state index contributed by atoms with van der Waals surface area (Å²) in [6.07, 6.45) is 4.31. The Kier molecular flexibility index (Phi) is 6.07. The van der Waals surface area contributed by atoms with Crippen LogP contribution in [-0.4, -0.2) is 34.8 Å². The highest BCUT2D eigenvalue weighted by atomic mass is 16.6. The molecule has 2 heterocycles. The van der Waals surface area contributed by atoms with E-state index in [0.717, 1.165) is 24.2 Å². The molecule has 0 unspecified atom stereocenters. The molecule has 4 rings (SSSR count). The molecule has 1 aromatic heterocycles. The summed E-state index contributed by atoms with van der Waals surface area (Å²) in [4.78, 5) is 41.8. The van der Waals surface area contributed by atoms with Crippen LogP contribution in [0.25, 0.3) is 0 Å². The smallest absolute Gasteiger partial charge is 0.313 e. The van der Waals surface area contributed by atoms with Gasteiger partial charge in [0.25, 0.3) is 5.69 Å². The minimum Gasteiger partial charge on any atom is -0.362 e. The number of carbonyl (C=O) groups excluding carboxylic acids is 2. The van der Waals surface area contributed by atoms with Gasteiger partial charge in [0, 0.05) is 37.2 Å². The van der Waals surface area contributed by atoms with E-state index in [1.807, 2.05) is 30.3 Å². The quantitative estimate of drug-likeness (QED) is 0.352. The van der Waals surface area contributed by atoms with Crippen molar-refractivity contribution in [2.75, 3.05) is 23.3 Å². The van der Waals surface area contributed by atoms with Gasteiger partial charge in [0.1, 0.15) is 5.69 Å². The number of nitrogens with one attached hydrogen (secondary N) is 2. The Balaban J connectivity index is 1.49. The van der Waals surface area contributed by atoms with E-state index in [1.54, 1.807) is 18.5 Å². The van der Waals surface area contributed by atoms with Crippen molar-refractivity contribution in [3.63, 3.8) is 0 Å². The molecule has 0 bridgehead atoms. The van der Waals surface area contributed by atoms with E-state index < -0.39 is 16.7 Å². The molecule has 2 amide bonds. The van der Waals surface area contributed by atoms with Crippen molar-refractivity contribution in [3.8, 4) is 0 Å².